The van der Waals surface area contributed by atoms with Gasteiger partial charge in [-0.2, -0.15) is 13.2 Å². The lowest BCUT2D eigenvalue weighted by Gasteiger charge is -2.12. The summed E-state index contributed by atoms with van der Waals surface area (Å²) in [7, 11) is 0. The Morgan fingerprint density at radius 3 is 2.73 bits per heavy atom. The van der Waals surface area contributed by atoms with Crippen LogP contribution in [0.5, 0.6) is 0 Å². The van der Waals surface area contributed by atoms with Crippen LogP contribution >= 0.6 is 0 Å². The summed E-state index contributed by atoms with van der Waals surface area (Å²) in [5.74, 6) is 0. The van der Waals surface area contributed by atoms with Crippen molar-refractivity contribution in [2.24, 2.45) is 0 Å². The zero-order chi connectivity index (χ0) is 11.5. The van der Waals surface area contributed by atoms with Crippen molar-refractivity contribution in [1.29, 1.82) is 0 Å². The third kappa shape index (κ3) is 3.13. The van der Waals surface area contributed by atoms with E-state index in [1.54, 1.807) is 10.6 Å². The van der Waals surface area contributed by atoms with Crippen LogP contribution in [0.3, 0.4) is 0 Å². The second kappa shape index (κ2) is 4.53. The number of halogens is 3. The van der Waals surface area contributed by atoms with E-state index in [2.05, 4.69) is 6.58 Å². The quantitative estimate of drug-likeness (QED) is 0.774. The van der Waals surface area contributed by atoms with Gasteiger partial charge in [0.1, 0.15) is 0 Å². The first kappa shape index (κ1) is 11.8. The van der Waals surface area contributed by atoms with Crippen molar-refractivity contribution in [3.8, 4) is 0 Å². The van der Waals surface area contributed by atoms with E-state index in [1.807, 2.05) is 0 Å². The van der Waals surface area contributed by atoms with Crippen molar-refractivity contribution in [2.75, 3.05) is 0 Å². The summed E-state index contributed by atoms with van der Waals surface area (Å²) >= 11 is 0. The zero-order valence-electron chi connectivity index (χ0n) is 8.04. The van der Waals surface area contributed by atoms with Crippen LogP contribution < -0.4 is 0 Å². The van der Waals surface area contributed by atoms with Crippen LogP contribution in [0.25, 0.3) is 0 Å². The van der Waals surface area contributed by atoms with Crippen LogP contribution in [0, 0.1) is 0 Å². The molecule has 1 heterocycles. The number of aryl methyl sites for hydroxylation is 1. The molecule has 0 bridgehead atoms. The molecule has 0 aromatic carbocycles. The van der Waals surface area contributed by atoms with Gasteiger partial charge in [0.05, 0.1) is 0 Å². The van der Waals surface area contributed by atoms with Crippen LogP contribution in [-0.4, -0.2) is 15.8 Å². The fourth-order valence-corrected chi connectivity index (χ4v) is 1.19. The summed E-state index contributed by atoms with van der Waals surface area (Å²) in [4.78, 5) is 0. The number of hydrogen-bond acceptors (Lipinski definition) is 1. The van der Waals surface area contributed by atoms with Gasteiger partial charge in [-0.1, -0.05) is 6.08 Å². The average molecular weight is 219 g/mol. The number of aromatic nitrogens is 1. The van der Waals surface area contributed by atoms with Crippen LogP contribution in [0.1, 0.15) is 18.1 Å². The van der Waals surface area contributed by atoms with Gasteiger partial charge in [0.25, 0.3) is 0 Å². The van der Waals surface area contributed by atoms with Crippen LogP contribution in [0.4, 0.5) is 13.2 Å². The van der Waals surface area contributed by atoms with Gasteiger partial charge in [-0.3, -0.25) is 0 Å². The highest BCUT2D eigenvalue weighted by molar-refractivity contribution is 5.15. The highest BCUT2D eigenvalue weighted by atomic mass is 19.4. The van der Waals surface area contributed by atoms with Gasteiger partial charge in [-0.15, -0.1) is 6.58 Å². The Balaban J connectivity index is 2.71. The second-order valence-corrected chi connectivity index (χ2v) is 3.20. The van der Waals surface area contributed by atoms with E-state index in [0.717, 1.165) is 0 Å². The molecule has 1 rings (SSSR count). The number of rotatable bonds is 4. The predicted molar refractivity (Wildman–Crippen MR) is 50.3 cm³/mol. The van der Waals surface area contributed by atoms with Gasteiger partial charge in [0.15, 0.2) is 6.10 Å². The smallest absolute Gasteiger partial charge is 0.379 e. The summed E-state index contributed by atoms with van der Waals surface area (Å²) in [6, 6.07) is 1.27. The third-order valence-corrected chi connectivity index (χ3v) is 1.99. The third-order valence-electron chi connectivity index (χ3n) is 1.99. The molecule has 0 radical (unpaired) electrons. The Labute approximate surface area is 85.6 Å². The molecule has 2 nitrogen and oxygen atoms in total. The Morgan fingerprint density at radius 2 is 2.20 bits per heavy atom. The van der Waals surface area contributed by atoms with Gasteiger partial charge in [0.2, 0.25) is 0 Å². The SMILES string of the molecule is C=CCCn1ccc(C(O)C(F)(F)F)c1. The van der Waals surface area contributed by atoms with Gasteiger partial charge < -0.3 is 9.67 Å². The Hall–Kier alpha value is -1.23. The second-order valence-electron chi connectivity index (χ2n) is 3.20. The van der Waals surface area contributed by atoms with Crippen molar-refractivity contribution in [3.63, 3.8) is 0 Å². The molecule has 0 saturated heterocycles. The highest BCUT2D eigenvalue weighted by Gasteiger charge is 2.39. The molecule has 0 saturated carbocycles. The van der Waals surface area contributed by atoms with Crippen LogP contribution in [0.2, 0.25) is 0 Å². The number of aliphatic hydroxyl groups excluding tert-OH is 1. The van der Waals surface area contributed by atoms with Crippen molar-refractivity contribution in [1.82, 2.24) is 4.57 Å². The van der Waals surface area contributed by atoms with Crippen molar-refractivity contribution in [2.45, 2.75) is 25.2 Å². The largest absolute Gasteiger partial charge is 0.418 e. The Kier molecular flexibility index (Phi) is 3.57. The fourth-order valence-electron chi connectivity index (χ4n) is 1.19. The van der Waals surface area contributed by atoms with E-state index >= 15 is 0 Å². The summed E-state index contributed by atoms with van der Waals surface area (Å²) in [6.45, 7) is 4.08. The van der Waals surface area contributed by atoms with E-state index in [1.165, 1.54) is 18.5 Å². The van der Waals surface area contributed by atoms with E-state index in [9.17, 15) is 13.2 Å². The maximum atomic E-state index is 12.1. The number of alkyl halides is 3. The molecule has 1 unspecified atom stereocenters. The van der Waals surface area contributed by atoms with E-state index in [4.69, 9.17) is 5.11 Å². The summed E-state index contributed by atoms with van der Waals surface area (Å²) in [5.41, 5.74) is -0.133. The first-order valence-corrected chi connectivity index (χ1v) is 4.46. The van der Waals surface area contributed by atoms with E-state index < -0.39 is 12.3 Å². The zero-order valence-corrected chi connectivity index (χ0v) is 8.04. The molecule has 0 amide bonds. The lowest BCUT2D eigenvalue weighted by Crippen LogP contribution is -2.19. The first-order chi connectivity index (χ1) is 6.95. The molecule has 15 heavy (non-hydrogen) atoms. The van der Waals surface area contributed by atoms with Crippen molar-refractivity contribution in [3.05, 3.63) is 36.7 Å². The number of hydrogen-bond donors (Lipinski definition) is 1. The molecule has 5 heteroatoms. The highest BCUT2D eigenvalue weighted by Crippen LogP contribution is 2.32. The molecule has 84 valence electrons. The molecule has 1 aromatic rings. The number of allylic oxidation sites excluding steroid dienone is 1. The molecular weight excluding hydrogens is 207 g/mol. The van der Waals surface area contributed by atoms with E-state index in [-0.39, 0.29) is 5.56 Å². The van der Waals surface area contributed by atoms with Gasteiger partial charge >= 0.3 is 6.18 Å². The van der Waals surface area contributed by atoms with Gasteiger partial charge in [0, 0.05) is 24.5 Å². The topological polar surface area (TPSA) is 25.2 Å². The average Bonchev–Trinajstić information content (AvgIpc) is 2.60. The van der Waals surface area contributed by atoms with Crippen LogP contribution in [0.15, 0.2) is 31.1 Å². The minimum Gasteiger partial charge on any atom is -0.379 e. The monoisotopic (exact) mass is 219 g/mol. The Bertz CT molecular complexity index is 330. The standard InChI is InChI=1S/C10H12F3NO/c1-2-3-5-14-6-4-8(7-14)9(15)10(11,12)13/h2,4,6-7,9,15H,1,3,5H2. The molecule has 1 aromatic heterocycles. The van der Waals surface area contributed by atoms with Gasteiger partial charge in [-0.05, 0) is 12.5 Å². The molecule has 0 aliphatic carbocycles. The maximum Gasteiger partial charge on any atom is 0.418 e. The molecule has 0 fully saturated rings. The summed E-state index contributed by atoms with van der Waals surface area (Å²) in [6.07, 6.45) is -1.85. The Morgan fingerprint density at radius 1 is 1.53 bits per heavy atom. The minimum atomic E-state index is -4.61. The molecule has 0 aliphatic rings. The number of nitrogens with zero attached hydrogens (tertiary/aromatic N) is 1. The molecular formula is C10H12F3NO. The van der Waals surface area contributed by atoms with E-state index in [0.29, 0.717) is 13.0 Å². The number of aliphatic hydroxyl groups is 1. The fraction of sp³-hybridized carbons (Fsp3) is 0.400. The normalized spacial score (nSPS) is 13.9. The predicted octanol–water partition coefficient (Wildman–Crippen LogP) is 2.66. The maximum absolute atomic E-state index is 12.1. The lowest BCUT2D eigenvalue weighted by molar-refractivity contribution is -0.206. The van der Waals surface area contributed by atoms with Crippen molar-refractivity contribution < 1.29 is 18.3 Å². The summed E-state index contributed by atoms with van der Waals surface area (Å²) in [5, 5.41) is 8.94. The summed E-state index contributed by atoms with van der Waals surface area (Å²) < 4.78 is 38.0. The molecule has 0 spiro atoms. The minimum absolute atomic E-state index is 0.133. The van der Waals surface area contributed by atoms with Gasteiger partial charge in [-0.25, -0.2) is 0 Å². The van der Waals surface area contributed by atoms with Crippen LogP contribution in [-0.2, 0) is 6.54 Å². The lowest BCUT2D eigenvalue weighted by atomic mass is 10.2. The van der Waals surface area contributed by atoms with Crippen molar-refractivity contribution >= 4 is 0 Å². The molecule has 1 atom stereocenters. The molecule has 1 N–H and O–H groups in total. The molecule has 0 aliphatic heterocycles. The first-order valence-electron chi connectivity index (χ1n) is 4.46.